The summed E-state index contributed by atoms with van der Waals surface area (Å²) >= 11 is 1.79. The highest BCUT2D eigenvalue weighted by Crippen LogP contribution is 2.26. The second-order valence-electron chi connectivity index (χ2n) is 8.49. The standard InChI is InChI=1S/C23H30N4O2S2/c1-18(2)16-30-23-24-21-6-4-5-7-22(21)27(23)17-25-12-14-26(15-13-25)31(28,29)20-10-8-19(3)9-11-20/h4-11,18H,12-17H2,1-3H3. The minimum absolute atomic E-state index is 0.375. The molecule has 1 fully saturated rings. The fourth-order valence-corrected chi connectivity index (χ4v) is 6.09. The van der Waals surface area contributed by atoms with Gasteiger partial charge < -0.3 is 4.57 Å². The van der Waals surface area contributed by atoms with Crippen LogP contribution < -0.4 is 0 Å². The minimum atomic E-state index is -3.44. The molecular formula is C23H30N4O2S2. The molecule has 1 aliphatic rings. The molecule has 8 heteroatoms. The topological polar surface area (TPSA) is 58.4 Å². The van der Waals surface area contributed by atoms with Crippen LogP contribution in [0.1, 0.15) is 19.4 Å². The highest BCUT2D eigenvalue weighted by atomic mass is 32.2. The normalized spacial score (nSPS) is 16.4. The number of hydrogen-bond donors (Lipinski definition) is 0. The van der Waals surface area contributed by atoms with Crippen molar-refractivity contribution >= 4 is 32.8 Å². The van der Waals surface area contributed by atoms with E-state index in [1.54, 1.807) is 28.2 Å². The lowest BCUT2D eigenvalue weighted by Gasteiger charge is -2.34. The van der Waals surface area contributed by atoms with E-state index in [-0.39, 0.29) is 0 Å². The number of benzene rings is 2. The van der Waals surface area contributed by atoms with E-state index in [1.807, 2.05) is 31.2 Å². The molecule has 0 amide bonds. The molecule has 0 N–H and O–H groups in total. The molecule has 0 spiro atoms. The van der Waals surface area contributed by atoms with E-state index in [0.717, 1.165) is 34.2 Å². The molecule has 4 rings (SSSR count). The van der Waals surface area contributed by atoms with Gasteiger partial charge in [0, 0.05) is 31.9 Å². The van der Waals surface area contributed by atoms with Gasteiger partial charge in [0.1, 0.15) is 0 Å². The van der Waals surface area contributed by atoms with Crippen LogP contribution in [-0.4, -0.2) is 59.1 Å². The summed E-state index contributed by atoms with van der Waals surface area (Å²) in [6.45, 7) is 9.51. The van der Waals surface area contributed by atoms with Gasteiger partial charge in [0.15, 0.2) is 5.16 Å². The number of imidazole rings is 1. The number of para-hydroxylation sites is 2. The summed E-state index contributed by atoms with van der Waals surface area (Å²) in [5.41, 5.74) is 3.19. The van der Waals surface area contributed by atoms with E-state index in [9.17, 15) is 8.42 Å². The van der Waals surface area contributed by atoms with E-state index in [0.29, 0.717) is 37.0 Å². The lowest BCUT2D eigenvalue weighted by atomic mass is 10.2. The SMILES string of the molecule is Cc1ccc(S(=O)(=O)N2CCN(Cn3c(SCC(C)C)nc4ccccc43)CC2)cc1. The first kappa shape index (κ1) is 22.3. The fraction of sp³-hybridized carbons (Fsp3) is 0.435. The quantitative estimate of drug-likeness (QED) is 0.500. The van der Waals surface area contributed by atoms with Crippen molar-refractivity contribution in [2.45, 2.75) is 37.5 Å². The zero-order valence-electron chi connectivity index (χ0n) is 18.4. The van der Waals surface area contributed by atoms with Crippen LogP contribution in [0.15, 0.2) is 58.6 Å². The number of hydrogen-bond acceptors (Lipinski definition) is 5. The summed E-state index contributed by atoms with van der Waals surface area (Å²) in [6, 6.07) is 15.3. The molecule has 166 valence electrons. The molecule has 0 atom stereocenters. The Bertz CT molecular complexity index is 1130. The third kappa shape index (κ3) is 4.98. The van der Waals surface area contributed by atoms with Crippen LogP contribution in [0.3, 0.4) is 0 Å². The summed E-state index contributed by atoms with van der Waals surface area (Å²) in [5.74, 6) is 1.61. The summed E-state index contributed by atoms with van der Waals surface area (Å²) in [6.07, 6.45) is 0. The average Bonchev–Trinajstić information content (AvgIpc) is 3.10. The molecule has 0 saturated carbocycles. The van der Waals surface area contributed by atoms with Crippen LogP contribution in [-0.2, 0) is 16.7 Å². The smallest absolute Gasteiger partial charge is 0.243 e. The minimum Gasteiger partial charge on any atom is -0.305 e. The van der Waals surface area contributed by atoms with Gasteiger partial charge in [-0.2, -0.15) is 4.31 Å². The van der Waals surface area contributed by atoms with Crippen molar-refractivity contribution in [3.05, 3.63) is 54.1 Å². The second kappa shape index (κ2) is 9.32. The number of rotatable bonds is 7. The van der Waals surface area contributed by atoms with E-state index >= 15 is 0 Å². The predicted molar refractivity (Wildman–Crippen MR) is 127 cm³/mol. The predicted octanol–water partition coefficient (Wildman–Crippen LogP) is 4.06. The molecule has 0 aliphatic carbocycles. The molecule has 31 heavy (non-hydrogen) atoms. The van der Waals surface area contributed by atoms with Gasteiger partial charge in [-0.15, -0.1) is 0 Å². The summed E-state index contributed by atoms with van der Waals surface area (Å²) in [5, 5.41) is 1.03. The number of thioether (sulfide) groups is 1. The van der Waals surface area contributed by atoms with Crippen LogP contribution in [0.5, 0.6) is 0 Å². The molecule has 0 radical (unpaired) electrons. The largest absolute Gasteiger partial charge is 0.305 e. The third-order valence-corrected chi connectivity index (χ3v) is 8.81. The van der Waals surface area contributed by atoms with Crippen molar-refractivity contribution in [1.29, 1.82) is 0 Å². The first-order valence-corrected chi connectivity index (χ1v) is 13.1. The van der Waals surface area contributed by atoms with Gasteiger partial charge in [-0.25, -0.2) is 13.4 Å². The maximum absolute atomic E-state index is 13.0. The molecule has 2 heterocycles. The van der Waals surface area contributed by atoms with Crippen LogP contribution >= 0.6 is 11.8 Å². The van der Waals surface area contributed by atoms with E-state index in [1.165, 1.54) is 0 Å². The lowest BCUT2D eigenvalue weighted by molar-refractivity contribution is 0.150. The summed E-state index contributed by atoms with van der Waals surface area (Å²) in [7, 11) is -3.44. The van der Waals surface area contributed by atoms with Crippen molar-refractivity contribution < 1.29 is 8.42 Å². The number of fused-ring (bicyclic) bond motifs is 1. The molecular weight excluding hydrogens is 428 g/mol. The molecule has 3 aromatic rings. The van der Waals surface area contributed by atoms with Gasteiger partial charge in [0.05, 0.1) is 22.6 Å². The van der Waals surface area contributed by atoms with Gasteiger partial charge in [-0.05, 0) is 37.1 Å². The van der Waals surface area contributed by atoms with Crippen LogP contribution in [0.25, 0.3) is 11.0 Å². The van der Waals surface area contributed by atoms with Gasteiger partial charge in [0.25, 0.3) is 0 Å². The summed E-state index contributed by atoms with van der Waals surface area (Å²) < 4.78 is 29.9. The lowest BCUT2D eigenvalue weighted by Crippen LogP contribution is -2.48. The van der Waals surface area contributed by atoms with Crippen molar-refractivity contribution in [2.24, 2.45) is 5.92 Å². The van der Waals surface area contributed by atoms with Crippen molar-refractivity contribution in [2.75, 3.05) is 31.9 Å². The van der Waals surface area contributed by atoms with Crippen molar-refractivity contribution in [3.8, 4) is 0 Å². The molecule has 0 bridgehead atoms. The maximum Gasteiger partial charge on any atom is 0.243 e. The Labute approximate surface area is 189 Å². The number of sulfonamides is 1. The van der Waals surface area contributed by atoms with E-state index in [4.69, 9.17) is 4.98 Å². The van der Waals surface area contributed by atoms with E-state index in [2.05, 4.69) is 35.4 Å². The molecule has 2 aromatic carbocycles. The second-order valence-corrected chi connectivity index (χ2v) is 11.4. The molecule has 1 aromatic heterocycles. The molecule has 6 nitrogen and oxygen atoms in total. The Hall–Kier alpha value is -1.87. The Morgan fingerprint density at radius 2 is 1.68 bits per heavy atom. The Morgan fingerprint density at radius 1 is 1.00 bits per heavy atom. The fourth-order valence-electron chi connectivity index (χ4n) is 3.71. The molecule has 1 saturated heterocycles. The highest BCUT2D eigenvalue weighted by Gasteiger charge is 2.29. The Kier molecular flexibility index (Phi) is 6.71. The number of nitrogens with zero attached hydrogens (tertiary/aromatic N) is 4. The zero-order chi connectivity index (χ0) is 22.0. The highest BCUT2D eigenvalue weighted by molar-refractivity contribution is 7.99. The average molecular weight is 459 g/mol. The van der Waals surface area contributed by atoms with Crippen LogP contribution in [0.2, 0.25) is 0 Å². The zero-order valence-corrected chi connectivity index (χ0v) is 20.0. The number of piperazine rings is 1. The maximum atomic E-state index is 13.0. The van der Waals surface area contributed by atoms with Gasteiger partial charge in [-0.3, -0.25) is 4.90 Å². The first-order chi connectivity index (χ1) is 14.8. The first-order valence-electron chi connectivity index (χ1n) is 10.7. The van der Waals surface area contributed by atoms with Gasteiger partial charge in [0.2, 0.25) is 10.0 Å². The van der Waals surface area contributed by atoms with Gasteiger partial charge >= 0.3 is 0 Å². The number of aryl methyl sites for hydroxylation is 1. The summed E-state index contributed by atoms with van der Waals surface area (Å²) in [4.78, 5) is 7.53. The van der Waals surface area contributed by atoms with Crippen LogP contribution in [0.4, 0.5) is 0 Å². The monoisotopic (exact) mass is 458 g/mol. The Morgan fingerprint density at radius 3 is 2.35 bits per heavy atom. The van der Waals surface area contributed by atoms with Crippen LogP contribution in [0, 0.1) is 12.8 Å². The van der Waals surface area contributed by atoms with Crippen molar-refractivity contribution in [1.82, 2.24) is 18.8 Å². The van der Waals surface area contributed by atoms with E-state index < -0.39 is 10.0 Å². The molecule has 1 aliphatic heterocycles. The van der Waals surface area contributed by atoms with Crippen molar-refractivity contribution in [3.63, 3.8) is 0 Å². The van der Waals surface area contributed by atoms with Gasteiger partial charge in [-0.1, -0.05) is 55.4 Å². The molecule has 0 unspecified atom stereocenters. The number of aromatic nitrogens is 2. The third-order valence-electron chi connectivity index (χ3n) is 5.50. The Balaban J connectivity index is 1.47.